The Labute approximate surface area is 120 Å². The number of anilines is 1. The average Bonchev–Trinajstić information content (AvgIpc) is 3.24. The highest BCUT2D eigenvalue weighted by Gasteiger charge is 2.26. The molecule has 5 heteroatoms. The third-order valence-electron chi connectivity index (χ3n) is 4.19. The van der Waals surface area contributed by atoms with Gasteiger partial charge >= 0.3 is 0 Å². The SMILES string of the molecule is OCCCN(c1ncc(CNC2CC2)cn1)C1CCC1. The molecule has 5 nitrogen and oxygen atoms in total. The molecule has 0 radical (unpaired) electrons. The normalized spacial score (nSPS) is 18.9. The van der Waals surface area contributed by atoms with Crippen LogP contribution in [-0.4, -0.2) is 40.3 Å². The van der Waals surface area contributed by atoms with Crippen molar-refractivity contribution in [3.05, 3.63) is 18.0 Å². The molecule has 1 aromatic heterocycles. The molecule has 1 heterocycles. The van der Waals surface area contributed by atoms with E-state index in [9.17, 15) is 0 Å². The second kappa shape index (κ2) is 6.50. The van der Waals surface area contributed by atoms with Crippen molar-refractivity contribution >= 4 is 5.95 Å². The summed E-state index contributed by atoms with van der Waals surface area (Å²) in [5.74, 6) is 0.818. The van der Waals surface area contributed by atoms with Crippen LogP contribution < -0.4 is 10.2 Å². The Bertz CT molecular complexity index is 414. The molecule has 2 aliphatic rings. The number of hydrogen-bond donors (Lipinski definition) is 2. The molecule has 0 aliphatic heterocycles. The van der Waals surface area contributed by atoms with Gasteiger partial charge in [-0.3, -0.25) is 0 Å². The molecule has 20 heavy (non-hydrogen) atoms. The summed E-state index contributed by atoms with van der Waals surface area (Å²) in [5.41, 5.74) is 1.15. The lowest BCUT2D eigenvalue weighted by molar-refractivity contribution is 0.282. The Hall–Kier alpha value is -1.20. The maximum absolute atomic E-state index is 9.03. The van der Waals surface area contributed by atoms with E-state index in [1.165, 1.54) is 32.1 Å². The summed E-state index contributed by atoms with van der Waals surface area (Å²) >= 11 is 0. The van der Waals surface area contributed by atoms with E-state index in [0.717, 1.165) is 31.0 Å². The number of rotatable bonds is 8. The van der Waals surface area contributed by atoms with Crippen molar-refractivity contribution in [1.29, 1.82) is 0 Å². The third kappa shape index (κ3) is 3.46. The van der Waals surface area contributed by atoms with E-state index in [0.29, 0.717) is 12.1 Å². The number of hydrogen-bond acceptors (Lipinski definition) is 5. The second-order valence-electron chi connectivity index (χ2n) is 5.90. The molecular weight excluding hydrogens is 252 g/mol. The van der Waals surface area contributed by atoms with Gasteiger partial charge in [0.25, 0.3) is 0 Å². The minimum Gasteiger partial charge on any atom is -0.396 e. The molecule has 2 saturated carbocycles. The smallest absolute Gasteiger partial charge is 0.225 e. The first-order chi connectivity index (χ1) is 9.86. The van der Waals surface area contributed by atoms with Crippen LogP contribution in [0.5, 0.6) is 0 Å². The molecule has 0 atom stereocenters. The topological polar surface area (TPSA) is 61.3 Å². The van der Waals surface area contributed by atoms with E-state index in [1.807, 2.05) is 12.4 Å². The summed E-state index contributed by atoms with van der Waals surface area (Å²) in [6, 6.07) is 1.28. The number of aliphatic hydroxyl groups is 1. The Kier molecular flexibility index (Phi) is 4.47. The molecule has 0 spiro atoms. The molecule has 0 unspecified atom stereocenters. The van der Waals surface area contributed by atoms with Gasteiger partial charge in [0.2, 0.25) is 5.95 Å². The van der Waals surface area contributed by atoms with E-state index in [2.05, 4.69) is 20.2 Å². The van der Waals surface area contributed by atoms with Gasteiger partial charge < -0.3 is 15.3 Å². The zero-order valence-corrected chi connectivity index (χ0v) is 12.0. The monoisotopic (exact) mass is 276 g/mol. The number of nitrogens with one attached hydrogen (secondary N) is 1. The van der Waals surface area contributed by atoms with Gasteiger partial charge in [-0.2, -0.15) is 0 Å². The summed E-state index contributed by atoms with van der Waals surface area (Å²) in [6.45, 7) is 1.94. The van der Waals surface area contributed by atoms with Crippen molar-refractivity contribution in [2.45, 2.75) is 57.2 Å². The van der Waals surface area contributed by atoms with Crippen LogP contribution >= 0.6 is 0 Å². The zero-order valence-electron chi connectivity index (χ0n) is 12.0. The number of aliphatic hydroxyl groups excluding tert-OH is 1. The van der Waals surface area contributed by atoms with Crippen LogP contribution in [0.3, 0.4) is 0 Å². The standard InChI is InChI=1S/C15H24N4O/c20-8-2-7-19(14-3-1-4-14)15-17-10-12(11-18-15)9-16-13-5-6-13/h10-11,13-14,16,20H,1-9H2. The van der Waals surface area contributed by atoms with Crippen molar-refractivity contribution in [1.82, 2.24) is 15.3 Å². The van der Waals surface area contributed by atoms with Gasteiger partial charge in [0.05, 0.1) is 0 Å². The maximum atomic E-state index is 9.03. The predicted molar refractivity (Wildman–Crippen MR) is 78.6 cm³/mol. The zero-order chi connectivity index (χ0) is 13.8. The van der Waals surface area contributed by atoms with Crippen LogP contribution in [0.25, 0.3) is 0 Å². The highest BCUT2D eigenvalue weighted by atomic mass is 16.3. The fourth-order valence-electron chi connectivity index (χ4n) is 2.52. The van der Waals surface area contributed by atoms with Crippen molar-refractivity contribution in [2.75, 3.05) is 18.1 Å². The highest BCUT2D eigenvalue weighted by Crippen LogP contribution is 2.27. The van der Waals surface area contributed by atoms with Gasteiger partial charge in [0.1, 0.15) is 0 Å². The quantitative estimate of drug-likeness (QED) is 0.753. The van der Waals surface area contributed by atoms with Crippen LogP contribution in [0.4, 0.5) is 5.95 Å². The molecule has 2 N–H and O–H groups in total. The minimum atomic E-state index is 0.229. The molecule has 0 aromatic carbocycles. The lowest BCUT2D eigenvalue weighted by Gasteiger charge is -2.37. The number of nitrogens with zero attached hydrogens (tertiary/aromatic N) is 3. The Morgan fingerprint density at radius 3 is 2.50 bits per heavy atom. The molecule has 1 aromatic rings. The first kappa shape index (κ1) is 13.8. The molecule has 2 fully saturated rings. The van der Waals surface area contributed by atoms with Crippen LogP contribution in [0.1, 0.15) is 44.1 Å². The lowest BCUT2D eigenvalue weighted by Crippen LogP contribution is -2.42. The summed E-state index contributed by atoms with van der Waals surface area (Å²) in [5, 5.41) is 12.5. The van der Waals surface area contributed by atoms with Gasteiger partial charge in [-0.25, -0.2) is 9.97 Å². The average molecular weight is 276 g/mol. The summed E-state index contributed by atoms with van der Waals surface area (Å²) in [6.07, 6.45) is 11.0. The van der Waals surface area contributed by atoms with E-state index in [4.69, 9.17) is 5.11 Å². The Morgan fingerprint density at radius 2 is 1.95 bits per heavy atom. The first-order valence-electron chi connectivity index (χ1n) is 7.78. The van der Waals surface area contributed by atoms with E-state index in [1.54, 1.807) is 0 Å². The second-order valence-corrected chi connectivity index (χ2v) is 5.90. The molecule has 0 saturated heterocycles. The van der Waals surface area contributed by atoms with Gasteiger partial charge in [-0.15, -0.1) is 0 Å². The molecule has 0 amide bonds. The fraction of sp³-hybridized carbons (Fsp3) is 0.733. The van der Waals surface area contributed by atoms with Gasteiger partial charge in [-0.1, -0.05) is 0 Å². The largest absolute Gasteiger partial charge is 0.396 e. The van der Waals surface area contributed by atoms with Crippen molar-refractivity contribution in [3.8, 4) is 0 Å². The summed E-state index contributed by atoms with van der Waals surface area (Å²) < 4.78 is 0. The van der Waals surface area contributed by atoms with Gasteiger partial charge in [-0.05, 0) is 38.5 Å². The van der Waals surface area contributed by atoms with Gasteiger partial charge in [0, 0.05) is 49.7 Å². The maximum Gasteiger partial charge on any atom is 0.225 e. The van der Waals surface area contributed by atoms with Gasteiger partial charge in [0.15, 0.2) is 0 Å². The van der Waals surface area contributed by atoms with Crippen LogP contribution in [-0.2, 0) is 6.54 Å². The van der Waals surface area contributed by atoms with Crippen molar-refractivity contribution in [2.24, 2.45) is 0 Å². The highest BCUT2D eigenvalue weighted by molar-refractivity contribution is 5.32. The Balaban J connectivity index is 1.60. The van der Waals surface area contributed by atoms with Crippen LogP contribution in [0.15, 0.2) is 12.4 Å². The fourth-order valence-corrected chi connectivity index (χ4v) is 2.52. The van der Waals surface area contributed by atoms with E-state index < -0.39 is 0 Å². The Morgan fingerprint density at radius 1 is 1.20 bits per heavy atom. The van der Waals surface area contributed by atoms with E-state index >= 15 is 0 Å². The van der Waals surface area contributed by atoms with Crippen molar-refractivity contribution < 1.29 is 5.11 Å². The first-order valence-corrected chi connectivity index (χ1v) is 7.78. The lowest BCUT2D eigenvalue weighted by atomic mass is 9.91. The summed E-state index contributed by atoms with van der Waals surface area (Å²) in [4.78, 5) is 11.3. The van der Waals surface area contributed by atoms with Crippen molar-refractivity contribution in [3.63, 3.8) is 0 Å². The number of aromatic nitrogens is 2. The molecule has 110 valence electrons. The molecule has 3 rings (SSSR count). The third-order valence-corrected chi connectivity index (χ3v) is 4.19. The van der Waals surface area contributed by atoms with Crippen LogP contribution in [0, 0.1) is 0 Å². The predicted octanol–water partition coefficient (Wildman–Crippen LogP) is 1.47. The van der Waals surface area contributed by atoms with E-state index in [-0.39, 0.29) is 6.61 Å². The molecule has 2 aliphatic carbocycles. The van der Waals surface area contributed by atoms with Crippen LogP contribution in [0.2, 0.25) is 0 Å². The summed E-state index contributed by atoms with van der Waals surface area (Å²) in [7, 11) is 0. The molecule has 0 bridgehead atoms. The molecular formula is C15H24N4O. The minimum absolute atomic E-state index is 0.229.